The molecule has 2 aromatic rings. The molecule has 2 nitrogen and oxygen atoms in total. The van der Waals surface area contributed by atoms with Gasteiger partial charge in [-0.25, -0.2) is 0 Å². The van der Waals surface area contributed by atoms with Crippen molar-refractivity contribution < 1.29 is 5.11 Å². The summed E-state index contributed by atoms with van der Waals surface area (Å²) in [4.78, 5) is 2.28. The Morgan fingerprint density at radius 3 is 2.20 bits per heavy atom. The Bertz CT molecular complexity index is 631. The summed E-state index contributed by atoms with van der Waals surface area (Å²) in [7, 11) is 4.27. The molecule has 0 bridgehead atoms. The van der Waals surface area contributed by atoms with E-state index in [0.29, 0.717) is 0 Å². The minimum Gasteiger partial charge on any atom is -0.389 e. The summed E-state index contributed by atoms with van der Waals surface area (Å²) in [5.74, 6) is 0.254. The Morgan fingerprint density at radius 2 is 1.60 bits per heavy atom. The third kappa shape index (κ3) is 4.63. The van der Waals surface area contributed by atoms with Crippen LogP contribution >= 0.6 is 12.4 Å². The van der Waals surface area contributed by atoms with E-state index in [1.807, 2.05) is 6.07 Å². The molecule has 3 atom stereocenters. The predicted octanol–water partition coefficient (Wildman–Crippen LogP) is 4.88. The van der Waals surface area contributed by atoms with E-state index in [9.17, 15) is 5.11 Å². The lowest BCUT2D eigenvalue weighted by Gasteiger charge is -2.46. The smallest absolute Gasteiger partial charge is 0.0734 e. The van der Waals surface area contributed by atoms with Gasteiger partial charge >= 0.3 is 0 Å². The van der Waals surface area contributed by atoms with Crippen molar-refractivity contribution in [3.63, 3.8) is 0 Å². The first-order chi connectivity index (χ1) is 11.6. The molecule has 0 aromatic heterocycles. The van der Waals surface area contributed by atoms with Gasteiger partial charge in [0, 0.05) is 18.4 Å². The predicted molar refractivity (Wildman–Crippen MR) is 107 cm³/mol. The first-order valence-corrected chi connectivity index (χ1v) is 9.08. The SMILES string of the molecule is CN(C)C(c1ccccc1)C1CCCCC1(O)Cc1ccccc1.Cl. The van der Waals surface area contributed by atoms with Crippen LogP contribution in [0, 0.1) is 5.92 Å². The number of halogens is 1. The lowest BCUT2D eigenvalue weighted by molar-refractivity contribution is -0.0770. The molecule has 1 saturated carbocycles. The second-order valence-electron chi connectivity index (χ2n) is 7.44. The number of benzene rings is 2. The Kier molecular flexibility index (Phi) is 7.06. The zero-order valence-electron chi connectivity index (χ0n) is 15.3. The maximum atomic E-state index is 11.6. The molecule has 0 aliphatic heterocycles. The summed E-state index contributed by atoms with van der Waals surface area (Å²) in [5.41, 5.74) is 1.91. The number of aliphatic hydroxyl groups is 1. The van der Waals surface area contributed by atoms with Crippen LogP contribution in [0.3, 0.4) is 0 Å². The number of nitrogens with zero attached hydrogens (tertiary/aromatic N) is 1. The molecule has 1 N–H and O–H groups in total. The minimum atomic E-state index is -0.635. The number of hydrogen-bond donors (Lipinski definition) is 1. The quantitative estimate of drug-likeness (QED) is 0.822. The zero-order chi connectivity index (χ0) is 17.0. The van der Waals surface area contributed by atoms with Crippen molar-refractivity contribution in [1.82, 2.24) is 4.90 Å². The molecule has 3 heteroatoms. The lowest BCUT2D eigenvalue weighted by Crippen LogP contribution is -2.48. The molecule has 2 aromatic carbocycles. The Morgan fingerprint density at radius 1 is 1.00 bits per heavy atom. The maximum absolute atomic E-state index is 11.6. The fourth-order valence-corrected chi connectivity index (χ4v) is 4.41. The summed E-state index contributed by atoms with van der Waals surface area (Å²) >= 11 is 0. The molecule has 0 heterocycles. The highest BCUT2D eigenvalue weighted by Gasteiger charge is 2.44. The van der Waals surface area contributed by atoms with Crippen LogP contribution in [0.4, 0.5) is 0 Å². The van der Waals surface area contributed by atoms with Crippen LogP contribution in [0.2, 0.25) is 0 Å². The highest BCUT2D eigenvalue weighted by molar-refractivity contribution is 5.85. The van der Waals surface area contributed by atoms with Gasteiger partial charge < -0.3 is 10.0 Å². The van der Waals surface area contributed by atoms with E-state index in [0.717, 1.165) is 25.7 Å². The van der Waals surface area contributed by atoms with Gasteiger partial charge in [0.25, 0.3) is 0 Å². The van der Waals surface area contributed by atoms with E-state index in [2.05, 4.69) is 73.6 Å². The molecule has 0 amide bonds. The fraction of sp³-hybridized carbons (Fsp3) is 0.455. The Balaban J connectivity index is 0.00000225. The van der Waals surface area contributed by atoms with Crippen molar-refractivity contribution >= 4 is 12.4 Å². The number of hydrogen-bond acceptors (Lipinski definition) is 2. The van der Waals surface area contributed by atoms with Gasteiger partial charge in [0.1, 0.15) is 0 Å². The summed E-state index contributed by atoms with van der Waals surface area (Å²) in [6, 6.07) is 21.4. The molecular weight excluding hydrogens is 330 g/mol. The Hall–Kier alpha value is -1.35. The van der Waals surface area contributed by atoms with E-state index in [1.165, 1.54) is 17.5 Å². The molecule has 1 fully saturated rings. The van der Waals surface area contributed by atoms with Gasteiger partial charge in [0.15, 0.2) is 0 Å². The van der Waals surface area contributed by atoms with Gasteiger partial charge in [-0.15, -0.1) is 12.4 Å². The van der Waals surface area contributed by atoms with Gasteiger partial charge in [-0.2, -0.15) is 0 Å². The van der Waals surface area contributed by atoms with E-state index < -0.39 is 5.60 Å². The van der Waals surface area contributed by atoms with Crippen LogP contribution in [0.15, 0.2) is 60.7 Å². The van der Waals surface area contributed by atoms with Crippen LogP contribution in [-0.2, 0) is 6.42 Å². The number of rotatable bonds is 5. The molecule has 3 unspecified atom stereocenters. The van der Waals surface area contributed by atoms with Gasteiger partial charge in [-0.1, -0.05) is 73.5 Å². The van der Waals surface area contributed by atoms with Crippen LogP contribution < -0.4 is 0 Å². The average Bonchev–Trinajstić information content (AvgIpc) is 2.58. The van der Waals surface area contributed by atoms with Crippen LogP contribution in [0.5, 0.6) is 0 Å². The van der Waals surface area contributed by atoms with Crippen LogP contribution in [0.1, 0.15) is 42.9 Å². The van der Waals surface area contributed by atoms with E-state index in [1.54, 1.807) is 0 Å². The average molecular weight is 360 g/mol. The van der Waals surface area contributed by atoms with Crippen LogP contribution in [0.25, 0.3) is 0 Å². The molecular formula is C22H30ClNO. The summed E-state index contributed by atoms with van der Waals surface area (Å²) < 4.78 is 0. The van der Waals surface area contributed by atoms with Gasteiger partial charge in [-0.3, -0.25) is 0 Å². The molecule has 0 radical (unpaired) electrons. The molecule has 1 aliphatic carbocycles. The summed E-state index contributed by atoms with van der Waals surface area (Å²) in [5, 5.41) is 11.6. The topological polar surface area (TPSA) is 23.5 Å². The first-order valence-electron chi connectivity index (χ1n) is 9.08. The lowest BCUT2D eigenvalue weighted by atomic mass is 9.67. The Labute approximate surface area is 158 Å². The monoisotopic (exact) mass is 359 g/mol. The van der Waals surface area contributed by atoms with Crippen LogP contribution in [-0.4, -0.2) is 29.7 Å². The molecule has 0 spiro atoms. The van der Waals surface area contributed by atoms with Gasteiger partial charge in [0.05, 0.1) is 5.60 Å². The minimum absolute atomic E-state index is 0. The van der Waals surface area contributed by atoms with Gasteiger partial charge in [-0.05, 0) is 38.1 Å². The van der Waals surface area contributed by atoms with Gasteiger partial charge in [0.2, 0.25) is 0 Å². The molecule has 3 rings (SSSR count). The second kappa shape index (κ2) is 8.84. The second-order valence-corrected chi connectivity index (χ2v) is 7.44. The van der Waals surface area contributed by atoms with E-state index in [-0.39, 0.29) is 24.4 Å². The third-order valence-corrected chi connectivity index (χ3v) is 5.50. The normalized spacial score (nSPS) is 24.6. The zero-order valence-corrected chi connectivity index (χ0v) is 16.1. The summed E-state index contributed by atoms with van der Waals surface area (Å²) in [6.07, 6.45) is 5.05. The standard InChI is InChI=1S/C22H29NO.ClH/c1-23(2)21(19-13-7-4-8-14-19)20-15-9-10-16-22(20,24)17-18-11-5-3-6-12-18;/h3-8,11-14,20-21,24H,9-10,15-17H2,1-2H3;1H. The maximum Gasteiger partial charge on any atom is 0.0734 e. The highest BCUT2D eigenvalue weighted by Crippen LogP contribution is 2.45. The van der Waals surface area contributed by atoms with Crippen molar-refractivity contribution in [3.8, 4) is 0 Å². The fourth-order valence-electron chi connectivity index (χ4n) is 4.41. The molecule has 1 aliphatic rings. The molecule has 25 heavy (non-hydrogen) atoms. The third-order valence-electron chi connectivity index (χ3n) is 5.50. The molecule has 136 valence electrons. The van der Waals surface area contributed by atoms with Crippen molar-refractivity contribution in [2.24, 2.45) is 5.92 Å². The largest absolute Gasteiger partial charge is 0.389 e. The van der Waals surface area contributed by atoms with Crippen molar-refractivity contribution in [1.29, 1.82) is 0 Å². The van der Waals surface area contributed by atoms with Crippen molar-refractivity contribution in [2.45, 2.75) is 43.7 Å². The van der Waals surface area contributed by atoms with E-state index >= 15 is 0 Å². The highest BCUT2D eigenvalue weighted by atomic mass is 35.5. The molecule has 0 saturated heterocycles. The summed E-state index contributed by atoms with van der Waals surface area (Å²) in [6.45, 7) is 0. The van der Waals surface area contributed by atoms with E-state index in [4.69, 9.17) is 0 Å². The first kappa shape index (κ1) is 20.0. The van der Waals surface area contributed by atoms with Crippen molar-refractivity contribution in [3.05, 3.63) is 71.8 Å². The van der Waals surface area contributed by atoms with Crippen molar-refractivity contribution in [2.75, 3.05) is 14.1 Å².